The van der Waals surface area contributed by atoms with Crippen LogP contribution in [0.2, 0.25) is 0 Å². The standard InChI is InChI=1S/C17H21N3O2/c1-12-3-4-16(13(2)9-12)20-11-15(10-18-20)19-17(21)14-5-7-22-8-6-14/h3-4,9-11,14H,5-8H2,1-2H3,(H,19,21). The Bertz CT molecular complexity index is 672. The van der Waals surface area contributed by atoms with E-state index in [2.05, 4.69) is 36.4 Å². The SMILES string of the molecule is Cc1ccc(-n2cc(NC(=O)C3CCOCC3)cn2)c(C)c1. The van der Waals surface area contributed by atoms with Crippen molar-refractivity contribution < 1.29 is 9.53 Å². The fraction of sp³-hybridized carbons (Fsp3) is 0.412. The zero-order valence-electron chi connectivity index (χ0n) is 13.0. The van der Waals surface area contributed by atoms with Crippen LogP contribution in [-0.2, 0) is 9.53 Å². The molecule has 0 spiro atoms. The Kier molecular flexibility index (Phi) is 4.24. The van der Waals surface area contributed by atoms with Gasteiger partial charge in [-0.1, -0.05) is 17.7 Å². The van der Waals surface area contributed by atoms with Crippen LogP contribution in [0.1, 0.15) is 24.0 Å². The molecule has 0 saturated carbocycles. The minimum atomic E-state index is 0.0400. The summed E-state index contributed by atoms with van der Waals surface area (Å²) in [5.74, 6) is 0.0988. The Labute approximate surface area is 130 Å². The van der Waals surface area contributed by atoms with Gasteiger partial charge in [-0.15, -0.1) is 0 Å². The number of rotatable bonds is 3. The van der Waals surface area contributed by atoms with Crippen molar-refractivity contribution >= 4 is 11.6 Å². The number of anilines is 1. The molecule has 1 aromatic heterocycles. The monoisotopic (exact) mass is 299 g/mol. The third-order valence-electron chi connectivity index (χ3n) is 4.04. The summed E-state index contributed by atoms with van der Waals surface area (Å²) < 4.78 is 7.09. The van der Waals surface area contributed by atoms with Crippen LogP contribution in [0, 0.1) is 19.8 Å². The van der Waals surface area contributed by atoms with Crippen LogP contribution in [-0.4, -0.2) is 28.9 Å². The van der Waals surface area contributed by atoms with Crippen molar-refractivity contribution in [1.29, 1.82) is 0 Å². The number of carbonyl (C=O) groups is 1. The van der Waals surface area contributed by atoms with Crippen LogP contribution in [0.4, 0.5) is 5.69 Å². The molecule has 1 aliphatic rings. The van der Waals surface area contributed by atoms with Crippen molar-refractivity contribution in [3.8, 4) is 5.69 Å². The lowest BCUT2D eigenvalue weighted by Crippen LogP contribution is -2.28. The van der Waals surface area contributed by atoms with Gasteiger partial charge in [-0.05, 0) is 38.3 Å². The highest BCUT2D eigenvalue weighted by atomic mass is 16.5. The molecule has 0 bridgehead atoms. The molecule has 1 amide bonds. The van der Waals surface area contributed by atoms with Gasteiger partial charge < -0.3 is 10.1 Å². The molecule has 1 saturated heterocycles. The largest absolute Gasteiger partial charge is 0.381 e. The summed E-state index contributed by atoms with van der Waals surface area (Å²) >= 11 is 0. The van der Waals surface area contributed by atoms with Gasteiger partial charge in [0.25, 0.3) is 0 Å². The lowest BCUT2D eigenvalue weighted by atomic mass is 9.99. The maximum Gasteiger partial charge on any atom is 0.227 e. The molecule has 1 aliphatic heterocycles. The molecule has 2 aromatic rings. The van der Waals surface area contributed by atoms with Crippen LogP contribution < -0.4 is 5.32 Å². The molecule has 1 aromatic carbocycles. The summed E-state index contributed by atoms with van der Waals surface area (Å²) in [4.78, 5) is 12.2. The van der Waals surface area contributed by atoms with E-state index in [1.54, 1.807) is 10.9 Å². The maximum absolute atomic E-state index is 12.2. The second kappa shape index (κ2) is 6.32. The van der Waals surface area contributed by atoms with Gasteiger partial charge in [0.2, 0.25) is 5.91 Å². The number of aromatic nitrogens is 2. The number of ether oxygens (including phenoxy) is 1. The first-order valence-corrected chi connectivity index (χ1v) is 7.64. The second-order valence-electron chi connectivity index (χ2n) is 5.84. The number of benzene rings is 1. The van der Waals surface area contributed by atoms with Crippen molar-refractivity contribution in [3.63, 3.8) is 0 Å². The third-order valence-corrected chi connectivity index (χ3v) is 4.04. The zero-order chi connectivity index (χ0) is 15.5. The Hall–Kier alpha value is -2.14. The van der Waals surface area contributed by atoms with E-state index in [1.807, 2.05) is 12.3 Å². The van der Waals surface area contributed by atoms with Gasteiger partial charge in [0.15, 0.2) is 0 Å². The Morgan fingerprint density at radius 2 is 2.09 bits per heavy atom. The molecule has 3 rings (SSSR count). The summed E-state index contributed by atoms with van der Waals surface area (Å²) in [6, 6.07) is 6.23. The Morgan fingerprint density at radius 1 is 1.32 bits per heavy atom. The predicted molar refractivity (Wildman–Crippen MR) is 85.2 cm³/mol. The van der Waals surface area contributed by atoms with Gasteiger partial charge >= 0.3 is 0 Å². The molecule has 22 heavy (non-hydrogen) atoms. The molecule has 0 atom stereocenters. The van der Waals surface area contributed by atoms with Gasteiger partial charge in [-0.2, -0.15) is 5.10 Å². The van der Waals surface area contributed by atoms with E-state index in [4.69, 9.17) is 4.74 Å². The van der Waals surface area contributed by atoms with Crippen LogP contribution in [0.15, 0.2) is 30.6 Å². The van der Waals surface area contributed by atoms with E-state index in [-0.39, 0.29) is 11.8 Å². The smallest absolute Gasteiger partial charge is 0.227 e. The average molecular weight is 299 g/mol. The molecule has 0 aliphatic carbocycles. The van der Waals surface area contributed by atoms with Crippen LogP contribution in [0.25, 0.3) is 5.69 Å². The van der Waals surface area contributed by atoms with E-state index >= 15 is 0 Å². The fourth-order valence-electron chi connectivity index (χ4n) is 2.79. The lowest BCUT2D eigenvalue weighted by molar-refractivity contribution is -0.122. The number of nitrogens with one attached hydrogen (secondary N) is 1. The first-order chi connectivity index (χ1) is 10.6. The summed E-state index contributed by atoms with van der Waals surface area (Å²) in [5, 5.41) is 7.31. The first kappa shape index (κ1) is 14.8. The Balaban J connectivity index is 1.72. The van der Waals surface area contributed by atoms with Gasteiger partial charge in [0.05, 0.1) is 23.8 Å². The number of aryl methyl sites for hydroxylation is 2. The lowest BCUT2D eigenvalue weighted by Gasteiger charge is -2.20. The van der Waals surface area contributed by atoms with Crippen molar-refractivity contribution in [2.75, 3.05) is 18.5 Å². The molecule has 1 fully saturated rings. The van der Waals surface area contributed by atoms with Crippen molar-refractivity contribution in [1.82, 2.24) is 9.78 Å². The highest BCUT2D eigenvalue weighted by Gasteiger charge is 2.21. The number of nitrogens with zero attached hydrogens (tertiary/aromatic N) is 2. The van der Waals surface area contributed by atoms with Gasteiger partial charge in [-0.25, -0.2) is 4.68 Å². The Morgan fingerprint density at radius 3 is 2.82 bits per heavy atom. The normalized spacial score (nSPS) is 15.7. The fourth-order valence-corrected chi connectivity index (χ4v) is 2.79. The average Bonchev–Trinajstić information content (AvgIpc) is 2.96. The van der Waals surface area contributed by atoms with E-state index in [0.29, 0.717) is 13.2 Å². The van der Waals surface area contributed by atoms with E-state index in [0.717, 1.165) is 29.8 Å². The highest BCUT2D eigenvalue weighted by Crippen LogP contribution is 2.20. The molecular weight excluding hydrogens is 278 g/mol. The van der Waals surface area contributed by atoms with Gasteiger partial charge in [0, 0.05) is 19.1 Å². The summed E-state index contributed by atoms with van der Waals surface area (Å²) in [6.45, 7) is 5.46. The van der Waals surface area contributed by atoms with E-state index < -0.39 is 0 Å². The van der Waals surface area contributed by atoms with Crippen molar-refractivity contribution in [2.24, 2.45) is 5.92 Å². The van der Waals surface area contributed by atoms with Crippen molar-refractivity contribution in [2.45, 2.75) is 26.7 Å². The molecule has 2 heterocycles. The van der Waals surface area contributed by atoms with Crippen LogP contribution >= 0.6 is 0 Å². The number of carbonyl (C=O) groups excluding carboxylic acids is 1. The summed E-state index contributed by atoms with van der Waals surface area (Å²) in [7, 11) is 0. The molecule has 116 valence electrons. The summed E-state index contributed by atoms with van der Waals surface area (Å²) in [6.07, 6.45) is 5.12. The van der Waals surface area contributed by atoms with Crippen LogP contribution in [0.3, 0.4) is 0 Å². The molecule has 1 N–H and O–H groups in total. The first-order valence-electron chi connectivity index (χ1n) is 7.64. The maximum atomic E-state index is 12.2. The highest BCUT2D eigenvalue weighted by molar-refractivity contribution is 5.92. The summed E-state index contributed by atoms with van der Waals surface area (Å²) in [5.41, 5.74) is 4.14. The number of hydrogen-bond donors (Lipinski definition) is 1. The predicted octanol–water partition coefficient (Wildman–Crippen LogP) is 2.85. The van der Waals surface area contributed by atoms with Gasteiger partial charge in [0.1, 0.15) is 0 Å². The molecule has 5 nitrogen and oxygen atoms in total. The molecule has 0 radical (unpaired) electrons. The van der Waals surface area contributed by atoms with Gasteiger partial charge in [-0.3, -0.25) is 4.79 Å². The minimum absolute atomic E-state index is 0.0400. The van der Waals surface area contributed by atoms with Crippen molar-refractivity contribution in [3.05, 3.63) is 41.7 Å². The molecular formula is C17H21N3O2. The van der Waals surface area contributed by atoms with E-state index in [9.17, 15) is 4.79 Å². The quantitative estimate of drug-likeness (QED) is 0.948. The third kappa shape index (κ3) is 3.20. The number of amides is 1. The molecule has 5 heteroatoms. The number of hydrogen-bond acceptors (Lipinski definition) is 3. The second-order valence-corrected chi connectivity index (χ2v) is 5.84. The topological polar surface area (TPSA) is 56.2 Å². The van der Waals surface area contributed by atoms with E-state index in [1.165, 1.54) is 5.56 Å². The minimum Gasteiger partial charge on any atom is -0.381 e. The molecule has 0 unspecified atom stereocenters. The zero-order valence-corrected chi connectivity index (χ0v) is 13.0. The van der Waals surface area contributed by atoms with Crippen LogP contribution in [0.5, 0.6) is 0 Å².